The molecule has 0 bridgehead atoms. The van der Waals surface area contributed by atoms with Gasteiger partial charge in [-0.2, -0.15) is 0 Å². The van der Waals surface area contributed by atoms with Crippen molar-refractivity contribution in [2.24, 2.45) is 11.1 Å². The van der Waals surface area contributed by atoms with E-state index in [1.54, 1.807) is 12.1 Å². The monoisotopic (exact) mass is 335 g/mol. The van der Waals surface area contributed by atoms with E-state index in [0.717, 1.165) is 24.2 Å². The van der Waals surface area contributed by atoms with Crippen LogP contribution in [0.2, 0.25) is 0 Å². The summed E-state index contributed by atoms with van der Waals surface area (Å²) >= 11 is 0. The number of nitrogens with two attached hydrogens (primary N) is 1. The van der Waals surface area contributed by atoms with E-state index in [0.29, 0.717) is 0 Å². The van der Waals surface area contributed by atoms with Crippen molar-refractivity contribution in [3.63, 3.8) is 0 Å². The van der Waals surface area contributed by atoms with Gasteiger partial charge in [0.2, 0.25) is 11.8 Å². The second-order valence-electron chi connectivity index (χ2n) is 7.50. The molecule has 1 aliphatic rings. The first-order chi connectivity index (χ1) is 11.2. The number of carbonyl (C=O) groups excluding carboxylic acids is 2. The predicted molar refractivity (Wildman–Crippen MR) is 92.1 cm³/mol. The van der Waals surface area contributed by atoms with Crippen molar-refractivity contribution in [1.82, 2.24) is 5.32 Å². The van der Waals surface area contributed by atoms with Gasteiger partial charge in [0, 0.05) is 37.0 Å². The molecular weight excluding hydrogens is 309 g/mol. The van der Waals surface area contributed by atoms with Gasteiger partial charge in [-0.15, -0.1) is 0 Å². The van der Waals surface area contributed by atoms with Gasteiger partial charge in [-0.3, -0.25) is 9.59 Å². The number of benzene rings is 1. The van der Waals surface area contributed by atoms with Crippen molar-refractivity contribution in [1.29, 1.82) is 0 Å². The van der Waals surface area contributed by atoms with Crippen molar-refractivity contribution in [3.8, 4) is 0 Å². The van der Waals surface area contributed by atoms with Crippen LogP contribution in [0.5, 0.6) is 0 Å². The number of rotatable bonds is 7. The lowest BCUT2D eigenvalue weighted by atomic mass is 9.85. The summed E-state index contributed by atoms with van der Waals surface area (Å²) in [5.41, 5.74) is 6.68. The van der Waals surface area contributed by atoms with Crippen molar-refractivity contribution in [2.45, 2.75) is 52.0 Å². The van der Waals surface area contributed by atoms with E-state index in [2.05, 4.69) is 10.6 Å². The zero-order valence-corrected chi connectivity index (χ0v) is 14.5. The molecule has 0 radical (unpaired) electrons. The van der Waals surface area contributed by atoms with E-state index >= 15 is 0 Å². The molecule has 1 aromatic rings. The number of halogens is 1. The molecule has 6 heteroatoms. The lowest BCUT2D eigenvalue weighted by Crippen LogP contribution is -2.37. The van der Waals surface area contributed by atoms with Crippen LogP contribution in [0.25, 0.3) is 0 Å². The normalized spacial score (nSPS) is 17.8. The van der Waals surface area contributed by atoms with E-state index < -0.39 is 11.3 Å². The Hall–Kier alpha value is -2.11. The number of nitrogens with one attached hydrogen (secondary N) is 2. The molecule has 2 atom stereocenters. The molecule has 1 aromatic carbocycles. The molecule has 0 aromatic heterocycles. The zero-order valence-electron chi connectivity index (χ0n) is 14.5. The standard InChI is InChI=1S/C18H26FN3O2/c1-11(22-17(24)9-18(2,3)8-16(20)23)6-12-10-21-15-5-4-13(19)7-14(12)15/h4-5,7,11-12,21H,6,8-10H2,1-3H3,(H2,20,23)(H,22,24)/t11-,12?/m0/s1. The third kappa shape index (κ3) is 4.94. The molecule has 0 saturated heterocycles. The summed E-state index contributed by atoms with van der Waals surface area (Å²) in [7, 11) is 0. The fraction of sp³-hybridized carbons (Fsp3) is 0.556. The number of primary amides is 1. The fourth-order valence-corrected chi connectivity index (χ4v) is 3.37. The first-order valence-electron chi connectivity index (χ1n) is 8.27. The molecule has 0 spiro atoms. The lowest BCUT2D eigenvalue weighted by Gasteiger charge is -2.24. The Morgan fingerprint density at radius 3 is 2.79 bits per heavy atom. The van der Waals surface area contributed by atoms with Crippen molar-refractivity contribution in [3.05, 3.63) is 29.6 Å². The SMILES string of the molecule is C[C@@H](CC1CNc2ccc(F)cc21)NC(=O)CC(C)(C)CC(N)=O. The van der Waals surface area contributed by atoms with Crippen LogP contribution >= 0.6 is 0 Å². The molecule has 1 unspecified atom stereocenters. The number of amides is 2. The number of hydrogen-bond donors (Lipinski definition) is 3. The molecule has 0 saturated carbocycles. The number of carbonyl (C=O) groups is 2. The van der Waals surface area contributed by atoms with Gasteiger partial charge in [0.15, 0.2) is 0 Å². The van der Waals surface area contributed by atoms with Crippen LogP contribution in [0.1, 0.15) is 51.5 Å². The highest BCUT2D eigenvalue weighted by Crippen LogP contribution is 2.34. The number of hydrogen-bond acceptors (Lipinski definition) is 3. The second-order valence-corrected chi connectivity index (χ2v) is 7.50. The maximum absolute atomic E-state index is 13.4. The third-order valence-electron chi connectivity index (χ3n) is 4.33. The predicted octanol–water partition coefficient (Wildman–Crippen LogP) is 2.52. The van der Waals surface area contributed by atoms with Crippen molar-refractivity contribution >= 4 is 17.5 Å². The Labute approximate surface area is 142 Å². The van der Waals surface area contributed by atoms with Crippen molar-refractivity contribution < 1.29 is 14.0 Å². The van der Waals surface area contributed by atoms with Gasteiger partial charge >= 0.3 is 0 Å². The highest BCUT2D eigenvalue weighted by molar-refractivity contribution is 5.79. The molecular formula is C18H26FN3O2. The molecule has 4 N–H and O–H groups in total. The summed E-state index contributed by atoms with van der Waals surface area (Å²) in [6.45, 7) is 6.38. The van der Waals surface area contributed by atoms with Crippen LogP contribution in [-0.2, 0) is 9.59 Å². The summed E-state index contributed by atoms with van der Waals surface area (Å²) in [6, 6.07) is 4.72. The summed E-state index contributed by atoms with van der Waals surface area (Å²) in [4.78, 5) is 23.2. The summed E-state index contributed by atoms with van der Waals surface area (Å²) in [6.07, 6.45) is 1.15. The first-order valence-corrected chi connectivity index (χ1v) is 8.27. The number of fused-ring (bicyclic) bond motifs is 1. The lowest BCUT2D eigenvalue weighted by molar-refractivity contribution is -0.125. The molecule has 24 heavy (non-hydrogen) atoms. The average Bonchev–Trinajstić information content (AvgIpc) is 2.78. The summed E-state index contributed by atoms with van der Waals surface area (Å²) < 4.78 is 13.4. The van der Waals surface area contributed by atoms with Gasteiger partial charge in [0.1, 0.15) is 5.82 Å². The number of anilines is 1. The summed E-state index contributed by atoms with van der Waals surface area (Å²) in [5.74, 6) is -0.576. The minimum Gasteiger partial charge on any atom is -0.384 e. The average molecular weight is 335 g/mol. The van der Waals surface area contributed by atoms with E-state index in [9.17, 15) is 14.0 Å². The first kappa shape index (κ1) is 18.2. The smallest absolute Gasteiger partial charge is 0.220 e. The Morgan fingerprint density at radius 1 is 1.42 bits per heavy atom. The topological polar surface area (TPSA) is 84.2 Å². The van der Waals surface area contributed by atoms with Crippen LogP contribution in [0.15, 0.2) is 18.2 Å². The van der Waals surface area contributed by atoms with Crippen LogP contribution in [0.3, 0.4) is 0 Å². The fourth-order valence-electron chi connectivity index (χ4n) is 3.37. The van der Waals surface area contributed by atoms with Crippen LogP contribution in [-0.4, -0.2) is 24.4 Å². The van der Waals surface area contributed by atoms with Gasteiger partial charge in [-0.25, -0.2) is 4.39 Å². The summed E-state index contributed by atoms with van der Waals surface area (Å²) in [5, 5.41) is 6.23. The van der Waals surface area contributed by atoms with Crippen LogP contribution < -0.4 is 16.4 Å². The molecule has 2 rings (SSSR count). The molecule has 1 heterocycles. The minimum atomic E-state index is -0.458. The third-order valence-corrected chi connectivity index (χ3v) is 4.33. The van der Waals surface area contributed by atoms with E-state index in [-0.39, 0.29) is 36.5 Å². The largest absolute Gasteiger partial charge is 0.384 e. The van der Waals surface area contributed by atoms with E-state index in [1.807, 2.05) is 20.8 Å². The minimum absolute atomic E-state index is 0.0390. The van der Waals surface area contributed by atoms with Gasteiger partial charge in [-0.05, 0) is 42.5 Å². The second kappa shape index (κ2) is 7.20. The van der Waals surface area contributed by atoms with E-state index in [4.69, 9.17) is 5.73 Å². The Balaban J connectivity index is 1.88. The Bertz CT molecular complexity index is 631. The molecule has 0 aliphatic carbocycles. The zero-order chi connectivity index (χ0) is 17.9. The highest BCUT2D eigenvalue weighted by atomic mass is 19.1. The quantitative estimate of drug-likeness (QED) is 0.716. The maximum atomic E-state index is 13.4. The highest BCUT2D eigenvalue weighted by Gasteiger charge is 2.27. The Morgan fingerprint density at radius 2 is 2.12 bits per heavy atom. The molecule has 132 valence electrons. The van der Waals surface area contributed by atoms with Gasteiger partial charge in [-0.1, -0.05) is 13.8 Å². The molecule has 0 fully saturated rings. The van der Waals surface area contributed by atoms with E-state index in [1.165, 1.54) is 6.07 Å². The Kier molecular flexibility index (Phi) is 5.47. The molecule has 1 aliphatic heterocycles. The van der Waals surface area contributed by atoms with Crippen LogP contribution in [0.4, 0.5) is 10.1 Å². The molecule has 2 amide bonds. The molecule has 5 nitrogen and oxygen atoms in total. The van der Waals surface area contributed by atoms with Crippen molar-refractivity contribution in [2.75, 3.05) is 11.9 Å². The maximum Gasteiger partial charge on any atom is 0.220 e. The van der Waals surface area contributed by atoms with Gasteiger partial charge in [0.25, 0.3) is 0 Å². The van der Waals surface area contributed by atoms with Gasteiger partial charge in [0.05, 0.1) is 0 Å². The van der Waals surface area contributed by atoms with Crippen LogP contribution in [0, 0.1) is 11.2 Å². The van der Waals surface area contributed by atoms with Gasteiger partial charge < -0.3 is 16.4 Å².